The van der Waals surface area contributed by atoms with Crippen LogP contribution in [0.25, 0.3) is 16.7 Å². The highest BCUT2D eigenvalue weighted by molar-refractivity contribution is 8.00. The Balaban J connectivity index is 2.25. The zero-order chi connectivity index (χ0) is 15.0. The first-order valence-electron chi connectivity index (χ1n) is 5.92. The molecule has 2 heterocycles. The molecular formula is C14H8ClF3N2S. The second-order valence-electron chi connectivity index (χ2n) is 4.26. The second kappa shape index (κ2) is 5.27. The third-order valence-electron chi connectivity index (χ3n) is 2.83. The molecule has 0 unspecified atom stereocenters. The van der Waals surface area contributed by atoms with Crippen LogP contribution in [0.4, 0.5) is 13.2 Å². The number of aromatic nitrogens is 2. The molecule has 0 amide bonds. The van der Waals surface area contributed by atoms with Crippen molar-refractivity contribution in [2.24, 2.45) is 0 Å². The van der Waals surface area contributed by atoms with E-state index < -0.39 is 5.51 Å². The Morgan fingerprint density at radius 3 is 2.57 bits per heavy atom. The largest absolute Gasteiger partial charge is 0.447 e. The number of hydrogen-bond donors (Lipinski definition) is 0. The number of rotatable bonds is 2. The Morgan fingerprint density at radius 2 is 1.90 bits per heavy atom. The molecule has 0 N–H and O–H groups in total. The number of fused-ring (bicyclic) bond motifs is 1. The summed E-state index contributed by atoms with van der Waals surface area (Å²) < 4.78 is 39.7. The molecule has 0 aliphatic heterocycles. The van der Waals surface area contributed by atoms with Crippen molar-refractivity contribution < 1.29 is 13.2 Å². The molecule has 0 bridgehead atoms. The molecule has 21 heavy (non-hydrogen) atoms. The number of hydrogen-bond acceptors (Lipinski definition) is 2. The first-order chi connectivity index (χ1) is 9.94. The van der Waals surface area contributed by atoms with Crippen LogP contribution in [0.3, 0.4) is 0 Å². The van der Waals surface area contributed by atoms with Crippen LogP contribution in [0, 0.1) is 0 Å². The summed E-state index contributed by atoms with van der Waals surface area (Å²) in [6.07, 6.45) is 1.54. The van der Waals surface area contributed by atoms with Crippen molar-refractivity contribution in [3.8, 4) is 5.82 Å². The number of halogens is 4. The van der Waals surface area contributed by atoms with Crippen molar-refractivity contribution in [1.29, 1.82) is 0 Å². The molecule has 0 atom stereocenters. The SMILES string of the molecule is FC(F)(F)Sc1cc2cc(Cl)ccc2n1-c1ccccn1. The third-order valence-corrected chi connectivity index (χ3v) is 3.80. The fraction of sp³-hybridized carbons (Fsp3) is 0.0714. The van der Waals surface area contributed by atoms with Gasteiger partial charge in [-0.1, -0.05) is 17.7 Å². The monoisotopic (exact) mass is 328 g/mol. The van der Waals surface area contributed by atoms with Gasteiger partial charge in [-0.2, -0.15) is 13.2 Å². The normalized spacial score (nSPS) is 12.0. The van der Waals surface area contributed by atoms with E-state index in [4.69, 9.17) is 11.6 Å². The molecule has 0 fully saturated rings. The highest BCUT2D eigenvalue weighted by atomic mass is 35.5. The van der Waals surface area contributed by atoms with Gasteiger partial charge in [-0.3, -0.25) is 4.57 Å². The molecule has 1 aromatic carbocycles. The van der Waals surface area contributed by atoms with Gasteiger partial charge in [0.15, 0.2) is 0 Å². The van der Waals surface area contributed by atoms with Gasteiger partial charge in [0.2, 0.25) is 0 Å². The third kappa shape index (κ3) is 3.01. The average molecular weight is 329 g/mol. The first kappa shape index (κ1) is 14.3. The van der Waals surface area contributed by atoms with Gasteiger partial charge in [-0.15, -0.1) is 0 Å². The lowest BCUT2D eigenvalue weighted by Gasteiger charge is -2.10. The molecule has 2 nitrogen and oxygen atoms in total. The molecular weight excluding hydrogens is 321 g/mol. The van der Waals surface area contributed by atoms with Gasteiger partial charge in [0.05, 0.1) is 10.5 Å². The first-order valence-corrected chi connectivity index (χ1v) is 7.12. The van der Waals surface area contributed by atoms with Crippen LogP contribution in [0.15, 0.2) is 53.7 Å². The highest BCUT2D eigenvalue weighted by Gasteiger charge is 2.31. The Bertz CT molecular complexity index is 784. The van der Waals surface area contributed by atoms with Crippen molar-refractivity contribution in [2.45, 2.75) is 10.5 Å². The Hall–Kier alpha value is -1.66. The van der Waals surface area contributed by atoms with Gasteiger partial charge in [0.25, 0.3) is 0 Å². The molecule has 3 aromatic rings. The van der Waals surface area contributed by atoms with E-state index in [0.29, 0.717) is 21.7 Å². The molecule has 2 aromatic heterocycles. The summed E-state index contributed by atoms with van der Waals surface area (Å²) in [7, 11) is 0. The molecule has 7 heteroatoms. The summed E-state index contributed by atoms with van der Waals surface area (Å²) >= 11 is 5.74. The van der Waals surface area contributed by atoms with Crippen molar-refractivity contribution >= 4 is 34.3 Å². The highest BCUT2D eigenvalue weighted by Crippen LogP contribution is 2.40. The summed E-state index contributed by atoms with van der Waals surface area (Å²) in [5.41, 5.74) is -3.74. The van der Waals surface area contributed by atoms with E-state index in [0.717, 1.165) is 0 Å². The van der Waals surface area contributed by atoms with Crippen molar-refractivity contribution in [3.63, 3.8) is 0 Å². The Morgan fingerprint density at radius 1 is 1.10 bits per heavy atom. The van der Waals surface area contributed by atoms with E-state index in [-0.39, 0.29) is 16.8 Å². The summed E-state index contributed by atoms with van der Waals surface area (Å²) in [5, 5.41) is 1.17. The number of nitrogens with zero attached hydrogens (tertiary/aromatic N) is 2. The zero-order valence-electron chi connectivity index (χ0n) is 10.4. The van der Waals surface area contributed by atoms with Crippen LogP contribution in [-0.4, -0.2) is 15.1 Å². The maximum Gasteiger partial charge on any atom is 0.447 e. The molecule has 108 valence electrons. The van der Waals surface area contributed by atoms with Crippen LogP contribution in [0.1, 0.15) is 0 Å². The van der Waals surface area contributed by atoms with Crippen LogP contribution < -0.4 is 0 Å². The molecule has 3 rings (SSSR count). The van der Waals surface area contributed by atoms with Crippen LogP contribution >= 0.6 is 23.4 Å². The van der Waals surface area contributed by atoms with Crippen molar-refractivity contribution in [1.82, 2.24) is 9.55 Å². The van der Waals surface area contributed by atoms with Crippen LogP contribution in [-0.2, 0) is 0 Å². The van der Waals surface area contributed by atoms with Crippen LogP contribution in [0.2, 0.25) is 5.02 Å². The van der Waals surface area contributed by atoms with Gasteiger partial charge in [-0.05, 0) is 36.4 Å². The van der Waals surface area contributed by atoms with E-state index in [1.54, 1.807) is 42.6 Å². The summed E-state index contributed by atoms with van der Waals surface area (Å²) in [6, 6.07) is 11.5. The maximum absolute atomic E-state index is 12.7. The Labute approximate surface area is 127 Å². The molecule has 0 radical (unpaired) electrons. The number of alkyl halides is 3. The van der Waals surface area contributed by atoms with E-state index in [1.807, 2.05) is 0 Å². The minimum atomic E-state index is -4.37. The van der Waals surface area contributed by atoms with Gasteiger partial charge >= 0.3 is 5.51 Å². The van der Waals surface area contributed by atoms with Crippen molar-refractivity contribution in [3.05, 3.63) is 53.7 Å². The Kier molecular flexibility index (Phi) is 3.59. The minimum Gasteiger partial charge on any atom is -0.288 e. The fourth-order valence-electron chi connectivity index (χ4n) is 2.08. The van der Waals surface area contributed by atoms with Gasteiger partial charge in [0.1, 0.15) is 5.82 Å². The standard InChI is InChI=1S/C14H8ClF3N2S/c15-10-4-5-11-9(7-10)8-13(21-14(16,17)18)20(11)12-3-1-2-6-19-12/h1-8H. The summed E-state index contributed by atoms with van der Waals surface area (Å²) in [6.45, 7) is 0. The smallest absolute Gasteiger partial charge is 0.288 e. The van der Waals surface area contributed by atoms with Gasteiger partial charge in [-0.25, -0.2) is 4.98 Å². The van der Waals surface area contributed by atoms with Gasteiger partial charge in [0, 0.05) is 28.4 Å². The molecule has 0 saturated carbocycles. The van der Waals surface area contributed by atoms with E-state index >= 15 is 0 Å². The van der Waals surface area contributed by atoms with Gasteiger partial charge < -0.3 is 0 Å². The number of benzene rings is 1. The molecule has 0 saturated heterocycles. The number of pyridine rings is 1. The second-order valence-corrected chi connectivity index (χ2v) is 5.78. The van der Waals surface area contributed by atoms with E-state index in [2.05, 4.69) is 4.98 Å². The maximum atomic E-state index is 12.7. The quantitative estimate of drug-likeness (QED) is 0.595. The lowest BCUT2D eigenvalue weighted by atomic mass is 10.2. The van der Waals surface area contributed by atoms with E-state index in [9.17, 15) is 13.2 Å². The predicted molar refractivity (Wildman–Crippen MR) is 78.0 cm³/mol. The predicted octanol–water partition coefficient (Wildman–Crippen LogP) is 5.29. The van der Waals surface area contributed by atoms with E-state index in [1.165, 1.54) is 10.6 Å². The fourth-order valence-corrected chi connectivity index (χ4v) is 2.96. The lowest BCUT2D eigenvalue weighted by molar-refractivity contribution is -0.0329. The lowest BCUT2D eigenvalue weighted by Crippen LogP contribution is -2.04. The zero-order valence-corrected chi connectivity index (χ0v) is 12.0. The molecule has 0 spiro atoms. The minimum absolute atomic E-state index is 0.0541. The van der Waals surface area contributed by atoms with Crippen LogP contribution in [0.5, 0.6) is 0 Å². The average Bonchev–Trinajstić information content (AvgIpc) is 2.74. The summed E-state index contributed by atoms with van der Waals surface area (Å²) in [5.74, 6) is 0.432. The van der Waals surface area contributed by atoms with Crippen molar-refractivity contribution in [2.75, 3.05) is 0 Å². The molecule has 0 aliphatic rings. The molecule has 0 aliphatic carbocycles. The number of thioether (sulfide) groups is 1. The summed E-state index contributed by atoms with van der Waals surface area (Å²) in [4.78, 5) is 4.13. The topological polar surface area (TPSA) is 17.8 Å².